The molecule has 0 bridgehead atoms. The number of sulfone groups is 1. The Hall–Kier alpha value is -1.31. The lowest BCUT2D eigenvalue weighted by Gasteiger charge is -2.28. The highest BCUT2D eigenvalue weighted by atomic mass is 32.2. The summed E-state index contributed by atoms with van der Waals surface area (Å²) in [6.45, 7) is 5.25. The van der Waals surface area contributed by atoms with E-state index in [1.165, 1.54) is 6.26 Å². The molecule has 3 rings (SSSR count). The molecule has 1 aromatic rings. The summed E-state index contributed by atoms with van der Waals surface area (Å²) in [6, 6.07) is 3.41. The molecule has 0 spiro atoms. The predicted molar refractivity (Wildman–Crippen MR) is 78.7 cm³/mol. The van der Waals surface area contributed by atoms with Crippen molar-refractivity contribution in [2.75, 3.05) is 45.6 Å². The molecule has 2 aliphatic rings. The molecule has 2 heterocycles. The van der Waals surface area contributed by atoms with Gasteiger partial charge in [0, 0.05) is 45.0 Å². The van der Waals surface area contributed by atoms with Gasteiger partial charge in [0.1, 0.15) is 13.2 Å². The van der Waals surface area contributed by atoms with Gasteiger partial charge in [-0.2, -0.15) is 0 Å². The van der Waals surface area contributed by atoms with Gasteiger partial charge in [-0.15, -0.1) is 0 Å². The van der Waals surface area contributed by atoms with E-state index in [2.05, 4.69) is 10.2 Å². The van der Waals surface area contributed by atoms with Crippen molar-refractivity contribution in [2.45, 2.75) is 11.4 Å². The number of rotatable bonds is 3. The predicted octanol–water partition coefficient (Wildman–Crippen LogP) is 0.267. The maximum absolute atomic E-state index is 12.1. The van der Waals surface area contributed by atoms with Gasteiger partial charge in [0.2, 0.25) is 0 Å². The molecule has 0 unspecified atom stereocenters. The number of hydrogen-bond acceptors (Lipinski definition) is 6. The maximum atomic E-state index is 12.1. The summed E-state index contributed by atoms with van der Waals surface area (Å²) in [7, 11) is -3.30. The van der Waals surface area contributed by atoms with Crippen molar-refractivity contribution in [3.05, 3.63) is 17.7 Å². The van der Waals surface area contributed by atoms with Gasteiger partial charge in [0.15, 0.2) is 21.3 Å². The van der Waals surface area contributed by atoms with Crippen molar-refractivity contribution in [3.63, 3.8) is 0 Å². The molecule has 0 aromatic heterocycles. The van der Waals surface area contributed by atoms with Gasteiger partial charge >= 0.3 is 0 Å². The second-order valence-electron chi connectivity index (χ2n) is 5.40. The van der Waals surface area contributed by atoms with Crippen molar-refractivity contribution in [3.8, 4) is 11.5 Å². The summed E-state index contributed by atoms with van der Waals surface area (Å²) in [4.78, 5) is 2.58. The summed E-state index contributed by atoms with van der Waals surface area (Å²) in [5.74, 6) is 1.16. The van der Waals surface area contributed by atoms with E-state index >= 15 is 0 Å². The van der Waals surface area contributed by atoms with Crippen LogP contribution in [0.15, 0.2) is 17.0 Å². The van der Waals surface area contributed by atoms with Crippen molar-refractivity contribution in [2.24, 2.45) is 0 Å². The zero-order chi connectivity index (χ0) is 14.9. The van der Waals surface area contributed by atoms with Crippen LogP contribution in [0.4, 0.5) is 0 Å². The highest BCUT2D eigenvalue weighted by Gasteiger charge is 2.22. The standard InChI is InChI=1S/C14H20N2O4S/c1-21(17,18)14-9-13-12(19-6-7-20-13)8-11(14)10-16-4-2-15-3-5-16/h8-9,15H,2-7,10H2,1H3. The lowest BCUT2D eigenvalue weighted by Crippen LogP contribution is -2.43. The molecule has 1 aromatic carbocycles. The topological polar surface area (TPSA) is 67.9 Å². The van der Waals surface area contributed by atoms with Crippen LogP contribution in [0.1, 0.15) is 5.56 Å². The first kappa shape index (κ1) is 14.6. The minimum absolute atomic E-state index is 0.338. The van der Waals surface area contributed by atoms with E-state index in [0.29, 0.717) is 36.2 Å². The molecule has 0 aliphatic carbocycles. The molecule has 1 fully saturated rings. The van der Waals surface area contributed by atoms with Crippen LogP contribution in [-0.4, -0.2) is 59.0 Å². The van der Waals surface area contributed by atoms with Gasteiger partial charge in [-0.3, -0.25) is 4.90 Å². The third-order valence-corrected chi connectivity index (χ3v) is 4.91. The maximum Gasteiger partial charge on any atom is 0.175 e. The van der Waals surface area contributed by atoms with Crippen LogP contribution >= 0.6 is 0 Å². The van der Waals surface area contributed by atoms with Crippen LogP contribution in [0, 0.1) is 0 Å². The number of nitrogens with zero attached hydrogens (tertiary/aromatic N) is 1. The molecule has 21 heavy (non-hydrogen) atoms. The van der Waals surface area contributed by atoms with Gasteiger partial charge in [0.05, 0.1) is 4.90 Å². The van der Waals surface area contributed by atoms with Crippen LogP contribution in [0.2, 0.25) is 0 Å². The van der Waals surface area contributed by atoms with Crippen molar-refractivity contribution >= 4 is 9.84 Å². The molecular formula is C14H20N2O4S. The molecule has 1 saturated heterocycles. The molecule has 0 saturated carbocycles. The highest BCUT2D eigenvalue weighted by molar-refractivity contribution is 7.90. The minimum Gasteiger partial charge on any atom is -0.486 e. The molecule has 0 atom stereocenters. The van der Waals surface area contributed by atoms with Crippen molar-refractivity contribution in [1.29, 1.82) is 0 Å². The van der Waals surface area contributed by atoms with Gasteiger partial charge in [-0.05, 0) is 11.6 Å². The summed E-state index contributed by atoms with van der Waals surface area (Å²) >= 11 is 0. The van der Waals surface area contributed by atoms with Crippen LogP contribution in [-0.2, 0) is 16.4 Å². The van der Waals surface area contributed by atoms with Gasteiger partial charge < -0.3 is 14.8 Å². The molecular weight excluding hydrogens is 292 g/mol. The Bertz CT molecular complexity index is 624. The molecule has 6 nitrogen and oxygen atoms in total. The number of piperazine rings is 1. The minimum atomic E-state index is -3.30. The molecule has 2 aliphatic heterocycles. The van der Waals surface area contributed by atoms with Gasteiger partial charge in [0.25, 0.3) is 0 Å². The lowest BCUT2D eigenvalue weighted by atomic mass is 10.1. The summed E-state index contributed by atoms with van der Waals surface area (Å²) in [5, 5.41) is 3.29. The number of fused-ring (bicyclic) bond motifs is 1. The van der Waals surface area contributed by atoms with Crippen LogP contribution in [0.5, 0.6) is 11.5 Å². The zero-order valence-electron chi connectivity index (χ0n) is 12.1. The van der Waals surface area contributed by atoms with E-state index in [1.54, 1.807) is 6.07 Å². The van der Waals surface area contributed by atoms with E-state index in [4.69, 9.17) is 9.47 Å². The monoisotopic (exact) mass is 312 g/mol. The first-order valence-electron chi connectivity index (χ1n) is 7.10. The average Bonchev–Trinajstić information content (AvgIpc) is 2.46. The Kier molecular flexibility index (Phi) is 4.05. The number of hydrogen-bond donors (Lipinski definition) is 1. The Morgan fingerprint density at radius 3 is 2.38 bits per heavy atom. The van der Waals surface area contributed by atoms with E-state index in [0.717, 1.165) is 31.7 Å². The fraction of sp³-hybridized carbons (Fsp3) is 0.571. The number of benzene rings is 1. The highest BCUT2D eigenvalue weighted by Crippen LogP contribution is 2.35. The SMILES string of the molecule is CS(=O)(=O)c1cc2c(cc1CN1CCNCC1)OCCO2. The van der Waals surface area contributed by atoms with Gasteiger partial charge in [-0.25, -0.2) is 8.42 Å². The first-order chi connectivity index (χ1) is 10.0. The Labute approximate surface area is 125 Å². The third-order valence-electron chi connectivity index (χ3n) is 3.73. The Morgan fingerprint density at radius 1 is 1.14 bits per heavy atom. The Balaban J connectivity index is 1.96. The second-order valence-corrected chi connectivity index (χ2v) is 7.39. The summed E-state index contributed by atoms with van der Waals surface area (Å²) < 4.78 is 35.2. The van der Waals surface area contributed by atoms with Crippen molar-refractivity contribution < 1.29 is 17.9 Å². The van der Waals surface area contributed by atoms with E-state index in [9.17, 15) is 8.42 Å². The summed E-state index contributed by atoms with van der Waals surface area (Å²) in [5.41, 5.74) is 0.781. The number of nitrogens with one attached hydrogen (secondary N) is 1. The molecule has 1 N–H and O–H groups in total. The molecule has 0 amide bonds. The molecule has 7 heteroatoms. The van der Waals surface area contributed by atoms with Crippen molar-refractivity contribution in [1.82, 2.24) is 10.2 Å². The smallest absolute Gasteiger partial charge is 0.175 e. The van der Waals surface area contributed by atoms with Crippen LogP contribution in [0.3, 0.4) is 0 Å². The second kappa shape index (κ2) is 5.82. The van der Waals surface area contributed by atoms with Crippen LogP contribution in [0.25, 0.3) is 0 Å². The normalized spacial score (nSPS) is 19.5. The average molecular weight is 312 g/mol. The fourth-order valence-electron chi connectivity index (χ4n) is 2.69. The van der Waals surface area contributed by atoms with E-state index in [-0.39, 0.29) is 0 Å². The first-order valence-corrected chi connectivity index (χ1v) is 8.99. The largest absolute Gasteiger partial charge is 0.486 e. The quantitative estimate of drug-likeness (QED) is 0.864. The van der Waals surface area contributed by atoms with Gasteiger partial charge in [-0.1, -0.05) is 0 Å². The summed E-state index contributed by atoms with van der Waals surface area (Å²) in [6.07, 6.45) is 1.24. The molecule has 0 radical (unpaired) electrons. The third kappa shape index (κ3) is 3.30. The number of ether oxygens (including phenoxy) is 2. The Morgan fingerprint density at radius 2 is 1.76 bits per heavy atom. The van der Waals surface area contributed by atoms with E-state index in [1.807, 2.05) is 6.07 Å². The zero-order valence-corrected chi connectivity index (χ0v) is 12.9. The fourth-order valence-corrected chi connectivity index (χ4v) is 3.61. The molecule has 116 valence electrons. The van der Waals surface area contributed by atoms with E-state index < -0.39 is 9.84 Å². The van der Waals surface area contributed by atoms with Crippen LogP contribution < -0.4 is 14.8 Å². The lowest BCUT2D eigenvalue weighted by molar-refractivity contribution is 0.170.